The van der Waals surface area contributed by atoms with Crippen LogP contribution in [0.3, 0.4) is 0 Å². The number of carbonyl (C=O) groups is 1. The predicted molar refractivity (Wildman–Crippen MR) is 107 cm³/mol. The molecule has 2 aromatic rings. The van der Waals surface area contributed by atoms with Gasteiger partial charge in [-0.1, -0.05) is 48.5 Å². The van der Waals surface area contributed by atoms with Crippen LogP contribution in [0.4, 0.5) is 0 Å². The number of nitrogens with zero attached hydrogens (tertiary/aromatic N) is 2. The van der Waals surface area contributed by atoms with Crippen molar-refractivity contribution in [2.75, 3.05) is 39.8 Å². The van der Waals surface area contributed by atoms with Gasteiger partial charge in [-0.15, -0.1) is 0 Å². The third-order valence-corrected chi connectivity index (χ3v) is 5.26. The first-order chi connectivity index (χ1) is 12.6. The van der Waals surface area contributed by atoms with E-state index in [1.807, 2.05) is 37.3 Å². The van der Waals surface area contributed by atoms with Gasteiger partial charge in [-0.3, -0.25) is 9.69 Å². The van der Waals surface area contributed by atoms with Gasteiger partial charge in [0.15, 0.2) is 0 Å². The Labute approximate surface area is 156 Å². The zero-order valence-corrected chi connectivity index (χ0v) is 15.8. The fourth-order valence-electron chi connectivity index (χ4n) is 3.54. The van der Waals surface area contributed by atoms with E-state index in [0.717, 1.165) is 43.7 Å². The average Bonchev–Trinajstić information content (AvgIpc) is 2.67. The molecule has 0 radical (unpaired) electrons. The molecule has 1 aliphatic rings. The van der Waals surface area contributed by atoms with Gasteiger partial charge in [0.1, 0.15) is 0 Å². The molecule has 1 N–H and O–H groups in total. The molecule has 0 aromatic heterocycles. The van der Waals surface area contributed by atoms with Crippen molar-refractivity contribution < 1.29 is 4.79 Å². The second-order valence-corrected chi connectivity index (χ2v) is 7.21. The highest BCUT2D eigenvalue weighted by molar-refractivity contribution is 5.95. The van der Waals surface area contributed by atoms with Crippen LogP contribution in [0, 0.1) is 6.92 Å². The van der Waals surface area contributed by atoms with Crippen LogP contribution in [-0.4, -0.2) is 61.5 Å². The lowest BCUT2D eigenvalue weighted by Crippen LogP contribution is -2.53. The third-order valence-electron chi connectivity index (χ3n) is 5.26. The summed E-state index contributed by atoms with van der Waals surface area (Å²) >= 11 is 0. The lowest BCUT2D eigenvalue weighted by atomic mass is 10.0. The lowest BCUT2D eigenvalue weighted by molar-refractivity contribution is 0.0885. The molecular weight excluding hydrogens is 322 g/mol. The summed E-state index contributed by atoms with van der Waals surface area (Å²) in [6.07, 6.45) is 0.957. The molecule has 2 aromatic carbocycles. The molecule has 1 atom stereocenters. The summed E-state index contributed by atoms with van der Waals surface area (Å²) in [5.74, 6) is 0.0234. The molecule has 0 saturated carbocycles. The van der Waals surface area contributed by atoms with Crippen molar-refractivity contribution >= 4 is 5.91 Å². The van der Waals surface area contributed by atoms with Crippen molar-refractivity contribution in [3.63, 3.8) is 0 Å². The van der Waals surface area contributed by atoms with Crippen LogP contribution in [0.2, 0.25) is 0 Å². The lowest BCUT2D eigenvalue weighted by Gasteiger charge is -2.38. The molecule has 1 heterocycles. The van der Waals surface area contributed by atoms with E-state index in [4.69, 9.17) is 0 Å². The van der Waals surface area contributed by atoms with Crippen LogP contribution in [-0.2, 0) is 6.42 Å². The Morgan fingerprint density at radius 3 is 2.35 bits per heavy atom. The maximum absolute atomic E-state index is 12.6. The van der Waals surface area contributed by atoms with E-state index < -0.39 is 0 Å². The van der Waals surface area contributed by atoms with Gasteiger partial charge in [-0.25, -0.2) is 0 Å². The molecule has 3 rings (SSSR count). The molecular formula is C22H29N3O. The van der Waals surface area contributed by atoms with Crippen LogP contribution in [0.25, 0.3) is 0 Å². The Hall–Kier alpha value is -2.17. The molecule has 1 aliphatic heterocycles. The average molecular weight is 351 g/mol. The molecule has 1 fully saturated rings. The smallest absolute Gasteiger partial charge is 0.251 e. The predicted octanol–water partition coefficient (Wildman–Crippen LogP) is 2.58. The van der Waals surface area contributed by atoms with Crippen LogP contribution in [0.1, 0.15) is 21.5 Å². The summed E-state index contributed by atoms with van der Waals surface area (Å²) in [7, 11) is 2.17. The van der Waals surface area contributed by atoms with Crippen molar-refractivity contribution in [1.29, 1.82) is 0 Å². The Kier molecular flexibility index (Phi) is 6.42. The zero-order chi connectivity index (χ0) is 18.4. The molecule has 0 bridgehead atoms. The van der Waals surface area contributed by atoms with Crippen molar-refractivity contribution in [3.8, 4) is 0 Å². The van der Waals surface area contributed by atoms with Crippen molar-refractivity contribution in [1.82, 2.24) is 15.1 Å². The molecule has 1 amide bonds. The Morgan fingerprint density at radius 2 is 1.65 bits per heavy atom. The number of benzene rings is 2. The number of rotatable bonds is 6. The van der Waals surface area contributed by atoms with E-state index in [9.17, 15) is 4.79 Å². The fraction of sp³-hybridized carbons (Fsp3) is 0.409. The minimum Gasteiger partial charge on any atom is -0.350 e. The van der Waals surface area contributed by atoms with E-state index in [2.05, 4.69) is 46.4 Å². The number of hydrogen-bond acceptors (Lipinski definition) is 3. The minimum atomic E-state index is 0.0234. The first-order valence-electron chi connectivity index (χ1n) is 9.44. The summed E-state index contributed by atoms with van der Waals surface area (Å²) in [4.78, 5) is 17.5. The zero-order valence-electron chi connectivity index (χ0n) is 15.8. The molecule has 1 saturated heterocycles. The number of hydrogen-bond donors (Lipinski definition) is 1. The number of nitrogens with one attached hydrogen (secondary N) is 1. The fourth-order valence-corrected chi connectivity index (χ4v) is 3.54. The van der Waals surface area contributed by atoms with Gasteiger partial charge in [0, 0.05) is 44.3 Å². The molecule has 4 nitrogen and oxygen atoms in total. The number of carbonyl (C=O) groups excluding carboxylic acids is 1. The van der Waals surface area contributed by atoms with Crippen LogP contribution in [0.5, 0.6) is 0 Å². The van der Waals surface area contributed by atoms with Crippen LogP contribution >= 0.6 is 0 Å². The van der Waals surface area contributed by atoms with Gasteiger partial charge in [0.25, 0.3) is 5.91 Å². The monoisotopic (exact) mass is 351 g/mol. The highest BCUT2D eigenvalue weighted by Crippen LogP contribution is 2.12. The van der Waals surface area contributed by atoms with E-state index in [-0.39, 0.29) is 5.91 Å². The molecule has 138 valence electrons. The third kappa shape index (κ3) is 4.93. The molecule has 0 aliphatic carbocycles. The van der Waals surface area contributed by atoms with Gasteiger partial charge in [0.2, 0.25) is 0 Å². The van der Waals surface area contributed by atoms with Gasteiger partial charge in [0.05, 0.1) is 0 Å². The highest BCUT2D eigenvalue weighted by Gasteiger charge is 2.23. The van der Waals surface area contributed by atoms with Gasteiger partial charge in [-0.05, 0) is 37.6 Å². The Bertz CT molecular complexity index is 708. The standard InChI is InChI=1S/C22H29N3O/c1-18-8-6-7-11-21(18)22(26)23-17-20(16-19-9-4-3-5-10-19)25-14-12-24(2)13-15-25/h3-11,20H,12-17H2,1-2H3,(H,23,26). The summed E-state index contributed by atoms with van der Waals surface area (Å²) in [5, 5.41) is 3.17. The van der Waals surface area contributed by atoms with E-state index >= 15 is 0 Å². The van der Waals surface area contributed by atoms with E-state index in [0.29, 0.717) is 12.6 Å². The Morgan fingerprint density at radius 1 is 1.00 bits per heavy atom. The first kappa shape index (κ1) is 18.6. The second kappa shape index (κ2) is 8.97. The largest absolute Gasteiger partial charge is 0.350 e. The number of aryl methyl sites for hydroxylation is 1. The van der Waals surface area contributed by atoms with Crippen LogP contribution < -0.4 is 5.32 Å². The summed E-state index contributed by atoms with van der Waals surface area (Å²) in [6, 6.07) is 18.7. The number of likely N-dealkylation sites (N-methyl/N-ethyl adjacent to an activating group) is 1. The summed E-state index contributed by atoms with van der Waals surface area (Å²) < 4.78 is 0. The number of piperazine rings is 1. The quantitative estimate of drug-likeness (QED) is 0.869. The topological polar surface area (TPSA) is 35.6 Å². The summed E-state index contributed by atoms with van der Waals surface area (Å²) in [6.45, 7) is 6.92. The minimum absolute atomic E-state index is 0.0234. The Balaban J connectivity index is 1.67. The molecule has 4 heteroatoms. The SMILES string of the molecule is Cc1ccccc1C(=O)NCC(Cc1ccccc1)N1CCN(C)CC1. The van der Waals surface area contributed by atoms with E-state index in [1.165, 1.54) is 5.56 Å². The van der Waals surface area contributed by atoms with E-state index in [1.54, 1.807) is 0 Å². The number of amides is 1. The second-order valence-electron chi connectivity index (χ2n) is 7.21. The molecule has 0 spiro atoms. The highest BCUT2D eigenvalue weighted by atomic mass is 16.1. The maximum atomic E-state index is 12.6. The first-order valence-corrected chi connectivity index (χ1v) is 9.44. The maximum Gasteiger partial charge on any atom is 0.251 e. The molecule has 26 heavy (non-hydrogen) atoms. The van der Waals surface area contributed by atoms with Crippen molar-refractivity contribution in [3.05, 3.63) is 71.3 Å². The van der Waals surface area contributed by atoms with Crippen molar-refractivity contribution in [2.24, 2.45) is 0 Å². The van der Waals surface area contributed by atoms with Gasteiger partial charge in [-0.2, -0.15) is 0 Å². The van der Waals surface area contributed by atoms with Crippen molar-refractivity contribution in [2.45, 2.75) is 19.4 Å². The van der Waals surface area contributed by atoms with Gasteiger partial charge < -0.3 is 10.2 Å². The van der Waals surface area contributed by atoms with Gasteiger partial charge >= 0.3 is 0 Å². The summed E-state index contributed by atoms with van der Waals surface area (Å²) in [5.41, 5.74) is 3.11. The normalized spacial score (nSPS) is 17.0. The molecule has 1 unspecified atom stereocenters. The van der Waals surface area contributed by atoms with Crippen LogP contribution in [0.15, 0.2) is 54.6 Å².